The quantitative estimate of drug-likeness (QED) is 0.882. The van der Waals surface area contributed by atoms with Crippen LogP contribution in [-0.4, -0.2) is 27.0 Å². The van der Waals surface area contributed by atoms with E-state index in [0.717, 1.165) is 5.56 Å². The molecule has 1 N–H and O–H groups in total. The molecule has 1 aromatic heterocycles. The third-order valence-corrected chi connectivity index (χ3v) is 5.22. The van der Waals surface area contributed by atoms with E-state index >= 15 is 0 Å². The normalized spacial score (nSPS) is 17.1. The Labute approximate surface area is 155 Å². The van der Waals surface area contributed by atoms with Crippen LogP contribution in [0.4, 0.5) is 0 Å². The minimum atomic E-state index is -0.557. The maximum atomic E-state index is 12.9. The highest BCUT2D eigenvalue weighted by molar-refractivity contribution is 6.42. The van der Waals surface area contributed by atoms with E-state index in [1.165, 1.54) is 6.07 Å². The summed E-state index contributed by atoms with van der Waals surface area (Å²) in [5.41, 5.74) is 0.312. The van der Waals surface area contributed by atoms with Crippen molar-refractivity contribution in [1.82, 2.24) is 9.47 Å². The molecule has 3 rings (SSSR count). The molecule has 0 saturated heterocycles. The number of pyridine rings is 1. The summed E-state index contributed by atoms with van der Waals surface area (Å²) < 4.78 is 1.70. The van der Waals surface area contributed by atoms with Crippen LogP contribution in [0.1, 0.15) is 35.9 Å². The lowest BCUT2D eigenvalue weighted by atomic mass is 9.99. The lowest BCUT2D eigenvalue weighted by Gasteiger charge is -2.38. The Morgan fingerprint density at radius 2 is 1.92 bits per heavy atom. The number of carbonyl (C=O) groups excluding carboxylic acids is 1. The SMILES string of the molecule is CC(C)C1CN(Cc2ccc(Cl)c(Cl)c2)C(=O)c2c(O)c(=O)ccn21. The van der Waals surface area contributed by atoms with Gasteiger partial charge in [-0.1, -0.05) is 43.1 Å². The molecule has 0 aliphatic carbocycles. The molecular formula is C18H18Cl2N2O3. The molecule has 1 aliphatic heterocycles. The van der Waals surface area contributed by atoms with E-state index in [-0.39, 0.29) is 23.6 Å². The number of fused-ring (bicyclic) bond motifs is 1. The van der Waals surface area contributed by atoms with Crippen molar-refractivity contribution in [3.63, 3.8) is 0 Å². The van der Waals surface area contributed by atoms with Gasteiger partial charge in [0.25, 0.3) is 5.91 Å². The van der Waals surface area contributed by atoms with Crippen molar-refractivity contribution in [2.75, 3.05) is 6.54 Å². The lowest BCUT2D eigenvalue weighted by Crippen LogP contribution is -2.45. The third kappa shape index (κ3) is 3.26. The van der Waals surface area contributed by atoms with Crippen LogP contribution >= 0.6 is 23.2 Å². The lowest BCUT2D eigenvalue weighted by molar-refractivity contribution is 0.0616. The standard InChI is InChI=1S/C18H18Cl2N2O3/c1-10(2)14-9-21(8-11-3-4-12(19)13(20)7-11)18(25)16-17(24)15(23)5-6-22(14)16/h3-7,10,14,24H,8-9H2,1-2H3. The van der Waals surface area contributed by atoms with Gasteiger partial charge in [-0.2, -0.15) is 0 Å². The first-order valence-corrected chi connectivity index (χ1v) is 8.72. The van der Waals surface area contributed by atoms with Crippen molar-refractivity contribution in [2.24, 2.45) is 5.92 Å². The Balaban J connectivity index is 2.02. The van der Waals surface area contributed by atoms with E-state index in [0.29, 0.717) is 23.1 Å². The molecule has 5 nitrogen and oxygen atoms in total. The highest BCUT2D eigenvalue weighted by Gasteiger charge is 2.34. The van der Waals surface area contributed by atoms with Gasteiger partial charge in [-0.05, 0) is 23.6 Å². The Bertz CT molecular complexity index is 892. The maximum absolute atomic E-state index is 12.9. The number of aromatic nitrogens is 1. The van der Waals surface area contributed by atoms with Crippen molar-refractivity contribution >= 4 is 29.1 Å². The smallest absolute Gasteiger partial charge is 0.274 e. The van der Waals surface area contributed by atoms with Crippen molar-refractivity contribution in [2.45, 2.75) is 26.4 Å². The fraction of sp³-hybridized carbons (Fsp3) is 0.333. The van der Waals surface area contributed by atoms with Crippen molar-refractivity contribution in [1.29, 1.82) is 0 Å². The first-order valence-electron chi connectivity index (χ1n) is 7.97. The van der Waals surface area contributed by atoms with Gasteiger partial charge in [-0.25, -0.2) is 0 Å². The number of aromatic hydroxyl groups is 1. The molecule has 132 valence electrons. The molecule has 0 radical (unpaired) electrons. The average Bonchev–Trinajstić information content (AvgIpc) is 2.56. The van der Waals surface area contributed by atoms with Crippen LogP contribution in [0.3, 0.4) is 0 Å². The second-order valence-electron chi connectivity index (χ2n) is 6.53. The van der Waals surface area contributed by atoms with Gasteiger partial charge in [0.05, 0.1) is 16.1 Å². The first kappa shape index (κ1) is 17.8. The topological polar surface area (TPSA) is 62.5 Å². The monoisotopic (exact) mass is 380 g/mol. The predicted octanol–water partition coefficient (Wildman–Crippen LogP) is 3.71. The number of benzene rings is 1. The second kappa shape index (κ2) is 6.73. The zero-order valence-electron chi connectivity index (χ0n) is 13.9. The molecule has 0 spiro atoms. The van der Waals surface area contributed by atoms with E-state index in [1.807, 2.05) is 13.8 Å². The summed E-state index contributed by atoms with van der Waals surface area (Å²) in [7, 11) is 0. The molecular weight excluding hydrogens is 363 g/mol. The molecule has 1 amide bonds. The number of carbonyl (C=O) groups is 1. The molecule has 2 heterocycles. The molecule has 1 unspecified atom stereocenters. The van der Waals surface area contributed by atoms with Crippen LogP contribution in [-0.2, 0) is 6.54 Å². The van der Waals surface area contributed by atoms with Crippen molar-refractivity contribution < 1.29 is 9.90 Å². The van der Waals surface area contributed by atoms with Gasteiger partial charge >= 0.3 is 0 Å². The van der Waals surface area contributed by atoms with Crippen LogP contribution in [0.15, 0.2) is 35.3 Å². The first-order chi connectivity index (χ1) is 11.8. The summed E-state index contributed by atoms with van der Waals surface area (Å²) in [6.45, 7) is 4.88. The Hall–Kier alpha value is -1.98. The molecule has 7 heteroatoms. The minimum absolute atomic E-state index is 0.0394. The molecule has 1 aromatic carbocycles. The molecule has 25 heavy (non-hydrogen) atoms. The largest absolute Gasteiger partial charge is 0.503 e. The molecule has 0 bridgehead atoms. The van der Waals surface area contributed by atoms with Crippen LogP contribution < -0.4 is 5.43 Å². The van der Waals surface area contributed by atoms with Crippen LogP contribution in [0.5, 0.6) is 5.75 Å². The molecule has 0 fully saturated rings. The van der Waals surface area contributed by atoms with Crippen molar-refractivity contribution in [3.05, 3.63) is 62.0 Å². The van der Waals surface area contributed by atoms with Crippen LogP contribution in [0.2, 0.25) is 10.0 Å². The Morgan fingerprint density at radius 1 is 1.20 bits per heavy atom. The summed E-state index contributed by atoms with van der Waals surface area (Å²) >= 11 is 12.0. The van der Waals surface area contributed by atoms with E-state index < -0.39 is 11.2 Å². The number of nitrogens with zero attached hydrogens (tertiary/aromatic N) is 2. The summed E-state index contributed by atoms with van der Waals surface area (Å²) in [5.74, 6) is -0.666. The van der Waals surface area contributed by atoms with Gasteiger partial charge in [0.2, 0.25) is 5.43 Å². The average molecular weight is 381 g/mol. The highest BCUT2D eigenvalue weighted by Crippen LogP contribution is 2.31. The summed E-state index contributed by atoms with van der Waals surface area (Å²) in [5, 5.41) is 11.0. The number of rotatable bonds is 3. The molecule has 1 aliphatic rings. The summed E-state index contributed by atoms with van der Waals surface area (Å²) in [6, 6.07) is 6.45. The number of hydrogen-bond acceptors (Lipinski definition) is 3. The van der Waals surface area contributed by atoms with E-state index in [9.17, 15) is 14.7 Å². The number of halogens is 2. The predicted molar refractivity (Wildman–Crippen MR) is 97.4 cm³/mol. The van der Waals surface area contributed by atoms with E-state index in [4.69, 9.17) is 23.2 Å². The fourth-order valence-electron chi connectivity index (χ4n) is 3.10. The third-order valence-electron chi connectivity index (χ3n) is 4.48. The zero-order valence-corrected chi connectivity index (χ0v) is 15.4. The van der Waals surface area contributed by atoms with Crippen molar-refractivity contribution in [3.8, 4) is 5.75 Å². The summed E-state index contributed by atoms with van der Waals surface area (Å²) in [4.78, 5) is 26.3. The Kier molecular flexibility index (Phi) is 4.80. The zero-order chi connectivity index (χ0) is 18.3. The van der Waals surface area contributed by atoms with Gasteiger partial charge < -0.3 is 14.6 Å². The van der Waals surface area contributed by atoms with Gasteiger partial charge in [0, 0.05) is 25.4 Å². The van der Waals surface area contributed by atoms with Gasteiger partial charge in [0.1, 0.15) is 0 Å². The highest BCUT2D eigenvalue weighted by atomic mass is 35.5. The van der Waals surface area contributed by atoms with Crippen LogP contribution in [0.25, 0.3) is 0 Å². The summed E-state index contributed by atoms with van der Waals surface area (Å²) in [6.07, 6.45) is 1.58. The van der Waals surface area contributed by atoms with Crippen LogP contribution in [0, 0.1) is 5.92 Å². The Morgan fingerprint density at radius 3 is 2.56 bits per heavy atom. The van der Waals surface area contributed by atoms with Gasteiger partial charge in [-0.3, -0.25) is 9.59 Å². The number of amides is 1. The number of hydrogen-bond donors (Lipinski definition) is 1. The molecule has 0 saturated carbocycles. The molecule has 1 atom stereocenters. The minimum Gasteiger partial charge on any atom is -0.503 e. The second-order valence-corrected chi connectivity index (χ2v) is 7.34. The van der Waals surface area contributed by atoms with E-state index in [1.54, 1.807) is 33.9 Å². The maximum Gasteiger partial charge on any atom is 0.274 e. The van der Waals surface area contributed by atoms with Gasteiger partial charge in [-0.15, -0.1) is 0 Å². The van der Waals surface area contributed by atoms with E-state index in [2.05, 4.69) is 0 Å². The van der Waals surface area contributed by atoms with Gasteiger partial charge in [0.15, 0.2) is 11.4 Å². The molecule has 2 aromatic rings. The fourth-order valence-corrected chi connectivity index (χ4v) is 3.42.